The fraction of sp³-hybridized carbons (Fsp3) is 0.205. The molecule has 0 atom stereocenters. The Kier molecular flexibility index (Phi) is 8.73. The monoisotopic (exact) mass is 631 g/mol. The van der Waals surface area contributed by atoms with Crippen molar-refractivity contribution < 1.29 is 14.0 Å². The zero-order valence-corrected chi connectivity index (χ0v) is 28.0. The van der Waals surface area contributed by atoms with Crippen molar-refractivity contribution in [3.63, 3.8) is 0 Å². The summed E-state index contributed by atoms with van der Waals surface area (Å²) in [6, 6.07) is 37.2. The van der Waals surface area contributed by atoms with Crippen LogP contribution >= 0.6 is 0 Å². The van der Waals surface area contributed by atoms with E-state index in [9.17, 15) is 0 Å². The quantitative estimate of drug-likeness (QED) is 0.145. The van der Waals surface area contributed by atoms with Gasteiger partial charge < -0.3 is 14.0 Å². The lowest BCUT2D eigenvalue weighted by Gasteiger charge is -2.30. The van der Waals surface area contributed by atoms with Gasteiger partial charge in [0.2, 0.25) is 11.4 Å². The zero-order valence-electron chi connectivity index (χ0n) is 28.0. The molecule has 1 aliphatic heterocycles. The van der Waals surface area contributed by atoms with Crippen LogP contribution in [0.5, 0.6) is 11.5 Å². The number of aromatic nitrogens is 1. The predicted octanol–water partition coefficient (Wildman–Crippen LogP) is 8.47. The number of hydrogen-bond donors (Lipinski definition) is 0. The molecule has 0 unspecified atom stereocenters. The van der Waals surface area contributed by atoms with E-state index >= 15 is 0 Å². The highest BCUT2D eigenvalue weighted by Gasteiger charge is 2.33. The third-order valence-corrected chi connectivity index (χ3v) is 9.27. The minimum atomic E-state index is 0.0929. The van der Waals surface area contributed by atoms with E-state index in [1.54, 1.807) is 0 Å². The number of ether oxygens (including phenoxy) is 2. The van der Waals surface area contributed by atoms with Gasteiger partial charge in [-0.1, -0.05) is 99.8 Å². The number of fused-ring (bicyclic) bond motifs is 2. The van der Waals surface area contributed by atoms with Crippen molar-refractivity contribution in [1.82, 2.24) is 4.57 Å². The molecule has 2 heterocycles. The molecule has 0 radical (unpaired) electrons. The molecule has 0 saturated carbocycles. The molecule has 0 N–H and O–H groups in total. The van der Waals surface area contributed by atoms with E-state index in [-0.39, 0.29) is 5.41 Å². The summed E-state index contributed by atoms with van der Waals surface area (Å²) in [6.45, 7) is 16.5. The molecular formula is C44H43N2O2+. The highest BCUT2D eigenvalue weighted by atomic mass is 16.5. The number of para-hydroxylation sites is 4. The van der Waals surface area contributed by atoms with Crippen molar-refractivity contribution in [2.75, 3.05) is 19.8 Å². The Morgan fingerprint density at radius 3 is 2.15 bits per heavy atom. The normalized spacial score (nSPS) is 16.8. The average Bonchev–Trinajstić information content (AvgIpc) is 3.50. The van der Waals surface area contributed by atoms with Gasteiger partial charge in [-0.2, -0.15) is 4.58 Å². The Bertz CT molecular complexity index is 2180. The molecule has 7 rings (SSSR count). The summed E-state index contributed by atoms with van der Waals surface area (Å²) in [5, 5.41) is 3.37. The van der Waals surface area contributed by atoms with E-state index in [1.165, 1.54) is 33.3 Å². The standard InChI is InChI=1S/C44H43N2O2/c1-32-38-19-11-13-21-40(38)45(23-25-47-36-15-7-5-8-16-36)42(32)28-34-27-35(31-44(3,4)30-34)29-43-33(2)39-20-12-14-22-41(39)46(43)24-26-48-37-17-9-6-10-18-37/h5-22,27-29H,1-2,23-26,30-31H2,3-4H3/q+1. The molecule has 240 valence electrons. The third-order valence-electron chi connectivity index (χ3n) is 9.27. The Morgan fingerprint density at radius 1 is 0.750 bits per heavy atom. The van der Waals surface area contributed by atoms with Gasteiger partial charge in [-0.25, -0.2) is 0 Å². The number of allylic oxidation sites excluding steroid dienone is 5. The van der Waals surface area contributed by atoms with E-state index in [4.69, 9.17) is 9.47 Å². The largest absolute Gasteiger partial charge is 0.492 e. The molecule has 1 aromatic heterocycles. The summed E-state index contributed by atoms with van der Waals surface area (Å²) in [6.07, 6.45) is 9.06. The van der Waals surface area contributed by atoms with E-state index in [0.717, 1.165) is 59.3 Å². The first-order valence-corrected chi connectivity index (χ1v) is 16.8. The van der Waals surface area contributed by atoms with Crippen LogP contribution in [0, 0.1) is 5.41 Å². The molecule has 4 heteroatoms. The van der Waals surface area contributed by atoms with E-state index in [0.29, 0.717) is 13.2 Å². The molecule has 0 saturated heterocycles. The Balaban J connectivity index is 1.25. The molecule has 2 aliphatic rings. The Morgan fingerprint density at radius 2 is 1.40 bits per heavy atom. The van der Waals surface area contributed by atoms with E-state index < -0.39 is 0 Å². The van der Waals surface area contributed by atoms with Gasteiger partial charge in [0.05, 0.1) is 17.7 Å². The summed E-state index contributed by atoms with van der Waals surface area (Å²) in [4.78, 5) is 0. The van der Waals surface area contributed by atoms with Crippen molar-refractivity contribution in [2.45, 2.75) is 33.2 Å². The Hall–Kier alpha value is -5.35. The van der Waals surface area contributed by atoms with Crippen LogP contribution in [-0.2, 0) is 6.54 Å². The van der Waals surface area contributed by atoms with Crippen molar-refractivity contribution >= 4 is 40.5 Å². The molecular weight excluding hydrogens is 588 g/mol. The zero-order chi connectivity index (χ0) is 33.1. The SMILES string of the molecule is C=C1C(/C=C2C=C(/C=c3\c(=C)c4ccccc4n3CCOc3ccccc3)CC(C)(C)C/2)=[N+](CCOc2ccccc2)c2ccccc21. The fourth-order valence-electron chi connectivity index (χ4n) is 7.19. The van der Waals surface area contributed by atoms with E-state index in [1.807, 2.05) is 60.7 Å². The molecule has 0 amide bonds. The summed E-state index contributed by atoms with van der Waals surface area (Å²) in [7, 11) is 0. The van der Waals surface area contributed by atoms with Crippen molar-refractivity contribution in [2.24, 2.45) is 5.41 Å². The fourth-order valence-corrected chi connectivity index (χ4v) is 7.19. The average molecular weight is 632 g/mol. The molecule has 5 aromatic rings. The third kappa shape index (κ3) is 6.57. The van der Waals surface area contributed by atoms with Crippen LogP contribution < -0.4 is 20.0 Å². The second-order valence-electron chi connectivity index (χ2n) is 13.5. The van der Waals surface area contributed by atoms with Gasteiger partial charge in [-0.15, -0.1) is 0 Å². The molecule has 4 nitrogen and oxygen atoms in total. The maximum absolute atomic E-state index is 6.13. The van der Waals surface area contributed by atoms with Gasteiger partial charge in [0.15, 0.2) is 6.54 Å². The number of rotatable bonds is 10. The first-order chi connectivity index (χ1) is 23.4. The van der Waals surface area contributed by atoms with Crippen LogP contribution in [0.1, 0.15) is 32.3 Å². The van der Waals surface area contributed by atoms with Gasteiger partial charge in [-0.3, -0.25) is 0 Å². The topological polar surface area (TPSA) is 26.4 Å². The smallest absolute Gasteiger partial charge is 0.213 e. The second kappa shape index (κ2) is 13.4. The summed E-state index contributed by atoms with van der Waals surface area (Å²) in [5.74, 6) is 1.77. The van der Waals surface area contributed by atoms with Gasteiger partial charge in [-0.05, 0) is 71.9 Å². The van der Waals surface area contributed by atoms with Crippen LogP contribution in [0.15, 0.2) is 139 Å². The van der Waals surface area contributed by atoms with Crippen LogP contribution in [0.25, 0.3) is 29.1 Å². The molecule has 0 bridgehead atoms. The Labute approximate surface area is 283 Å². The minimum Gasteiger partial charge on any atom is -0.492 e. The van der Waals surface area contributed by atoms with Crippen LogP contribution in [-0.4, -0.2) is 34.6 Å². The van der Waals surface area contributed by atoms with Crippen molar-refractivity contribution in [3.8, 4) is 11.5 Å². The van der Waals surface area contributed by atoms with Gasteiger partial charge in [0.25, 0.3) is 0 Å². The molecule has 4 aromatic carbocycles. The lowest BCUT2D eigenvalue weighted by atomic mass is 9.75. The van der Waals surface area contributed by atoms with Gasteiger partial charge in [0.1, 0.15) is 24.7 Å². The minimum absolute atomic E-state index is 0.0929. The lowest BCUT2D eigenvalue weighted by molar-refractivity contribution is -0.438. The van der Waals surface area contributed by atoms with Crippen LogP contribution in [0.3, 0.4) is 0 Å². The summed E-state index contributed by atoms with van der Waals surface area (Å²) >= 11 is 0. The lowest BCUT2D eigenvalue weighted by Crippen LogP contribution is -2.30. The second-order valence-corrected chi connectivity index (χ2v) is 13.5. The first-order valence-electron chi connectivity index (χ1n) is 16.8. The molecule has 0 spiro atoms. The molecule has 48 heavy (non-hydrogen) atoms. The predicted molar refractivity (Wildman–Crippen MR) is 200 cm³/mol. The first kappa shape index (κ1) is 31.3. The number of nitrogens with zero attached hydrogens (tertiary/aromatic N) is 2. The maximum Gasteiger partial charge on any atom is 0.213 e. The highest BCUT2D eigenvalue weighted by Crippen LogP contribution is 2.40. The molecule has 1 aliphatic carbocycles. The van der Waals surface area contributed by atoms with Gasteiger partial charge >= 0.3 is 0 Å². The highest BCUT2D eigenvalue weighted by molar-refractivity contribution is 6.29. The summed E-state index contributed by atoms with van der Waals surface area (Å²) < 4.78 is 17.0. The van der Waals surface area contributed by atoms with Crippen molar-refractivity contribution in [3.05, 3.63) is 155 Å². The van der Waals surface area contributed by atoms with Crippen LogP contribution in [0.2, 0.25) is 0 Å². The number of hydrogen-bond acceptors (Lipinski definition) is 2. The van der Waals surface area contributed by atoms with E-state index in [2.05, 4.69) is 103 Å². The summed E-state index contributed by atoms with van der Waals surface area (Å²) in [5.41, 5.74) is 8.43. The number of benzene rings is 4. The maximum atomic E-state index is 6.13. The van der Waals surface area contributed by atoms with Gasteiger partial charge in [0, 0.05) is 33.6 Å². The van der Waals surface area contributed by atoms with Crippen molar-refractivity contribution in [1.29, 1.82) is 0 Å². The molecule has 0 fully saturated rings. The van der Waals surface area contributed by atoms with Crippen LogP contribution in [0.4, 0.5) is 5.69 Å².